The lowest BCUT2D eigenvalue weighted by molar-refractivity contribution is 0.0697. The maximum absolute atomic E-state index is 15.6. The van der Waals surface area contributed by atoms with Crippen molar-refractivity contribution in [1.82, 2.24) is 9.30 Å². The van der Waals surface area contributed by atoms with Gasteiger partial charge < -0.3 is 19.5 Å². The summed E-state index contributed by atoms with van der Waals surface area (Å²) in [6.45, 7) is 3.53. The Hall–Kier alpha value is -4.15. The fraction of sp³-hybridized carbons (Fsp3) is 0.214. The zero-order valence-electron chi connectivity index (χ0n) is 20.1. The summed E-state index contributed by atoms with van der Waals surface area (Å²) in [4.78, 5) is 30.0. The van der Waals surface area contributed by atoms with Crippen molar-refractivity contribution in [3.63, 3.8) is 0 Å². The van der Waals surface area contributed by atoms with Gasteiger partial charge in [-0.25, -0.2) is 9.18 Å². The van der Waals surface area contributed by atoms with Crippen LogP contribution in [-0.2, 0) is 6.54 Å². The Kier molecular flexibility index (Phi) is 5.27. The van der Waals surface area contributed by atoms with Crippen LogP contribution in [0.25, 0.3) is 25.9 Å². The third kappa shape index (κ3) is 3.59. The van der Waals surface area contributed by atoms with E-state index in [-0.39, 0.29) is 17.7 Å². The number of hydrogen-bond acceptors (Lipinski definition) is 7. The van der Waals surface area contributed by atoms with Crippen molar-refractivity contribution >= 4 is 48.9 Å². The number of nitrogens with zero attached hydrogens (tertiary/aromatic N) is 3. The second-order valence-electron chi connectivity index (χ2n) is 9.49. The molecule has 1 fully saturated rings. The highest BCUT2D eigenvalue weighted by Gasteiger charge is 2.25. The molecule has 38 heavy (non-hydrogen) atoms. The lowest BCUT2D eigenvalue weighted by Crippen LogP contribution is -2.46. The number of rotatable bonds is 4. The molecule has 7 rings (SSSR count). The second kappa shape index (κ2) is 8.71. The highest BCUT2D eigenvalue weighted by atomic mass is 32.1. The van der Waals surface area contributed by atoms with Gasteiger partial charge in [-0.1, -0.05) is 18.2 Å². The molecule has 1 N–H and O–H groups in total. The number of para-hydroxylation sites is 1. The molecule has 10 heteroatoms. The molecule has 0 bridgehead atoms. The van der Waals surface area contributed by atoms with Crippen molar-refractivity contribution in [1.29, 1.82) is 0 Å². The van der Waals surface area contributed by atoms with Crippen molar-refractivity contribution in [3.8, 4) is 11.5 Å². The summed E-state index contributed by atoms with van der Waals surface area (Å²) in [5, 5.41) is 10.1. The Morgan fingerprint density at radius 2 is 1.76 bits per heavy atom. The van der Waals surface area contributed by atoms with E-state index in [4.69, 9.17) is 9.47 Å². The minimum Gasteiger partial charge on any atom is -0.477 e. The van der Waals surface area contributed by atoms with Gasteiger partial charge >= 0.3 is 5.97 Å². The lowest BCUT2D eigenvalue weighted by atomic mass is 10.1. The summed E-state index contributed by atoms with van der Waals surface area (Å²) in [5.74, 6) is -0.226. The van der Waals surface area contributed by atoms with E-state index in [1.807, 2.05) is 47.4 Å². The van der Waals surface area contributed by atoms with E-state index in [0.717, 1.165) is 33.8 Å². The summed E-state index contributed by atoms with van der Waals surface area (Å²) in [7, 11) is 0. The van der Waals surface area contributed by atoms with E-state index in [1.54, 1.807) is 4.40 Å². The van der Waals surface area contributed by atoms with Gasteiger partial charge in [-0.05, 0) is 35.9 Å². The molecule has 1 saturated heterocycles. The molecule has 2 aliphatic heterocycles. The van der Waals surface area contributed by atoms with Gasteiger partial charge in [0.1, 0.15) is 16.2 Å². The second-order valence-corrected chi connectivity index (χ2v) is 10.5. The summed E-state index contributed by atoms with van der Waals surface area (Å²) in [6.07, 6.45) is 0. The number of hydrogen-bond donors (Lipinski definition) is 1. The standard InChI is InChI=1S/C28H22FN3O5S/c29-18-13-20-17(26(33)25(28(34)35)27-32(20)19-3-1-2-4-24(19)38-27)12-21(18)31-9-7-30(8-10-31)14-16-5-6-22-23(11-16)37-15-36-22/h1-6,11-13H,7-10,14-15H2,(H,34,35). The van der Waals surface area contributed by atoms with Crippen molar-refractivity contribution in [3.05, 3.63) is 81.8 Å². The molecule has 192 valence electrons. The number of piperazine rings is 1. The van der Waals surface area contributed by atoms with E-state index in [1.165, 1.54) is 23.5 Å². The van der Waals surface area contributed by atoms with Crippen LogP contribution in [0.2, 0.25) is 0 Å². The zero-order chi connectivity index (χ0) is 26.0. The van der Waals surface area contributed by atoms with E-state index in [2.05, 4.69) is 4.90 Å². The first-order valence-electron chi connectivity index (χ1n) is 12.3. The van der Waals surface area contributed by atoms with Crippen molar-refractivity contribution in [2.24, 2.45) is 0 Å². The number of carbonyl (C=O) groups is 1. The smallest absolute Gasteiger partial charge is 0.342 e. The number of carboxylic acids is 1. The number of halogens is 1. The highest BCUT2D eigenvalue weighted by molar-refractivity contribution is 7.24. The van der Waals surface area contributed by atoms with Gasteiger partial charge in [-0.3, -0.25) is 14.1 Å². The molecule has 3 aromatic carbocycles. The molecule has 4 heterocycles. The Bertz CT molecular complexity index is 1820. The van der Waals surface area contributed by atoms with Gasteiger partial charge in [0.15, 0.2) is 11.5 Å². The molecule has 0 saturated carbocycles. The molecule has 0 radical (unpaired) electrons. The highest BCUT2D eigenvalue weighted by Crippen LogP contribution is 2.35. The lowest BCUT2D eigenvalue weighted by Gasteiger charge is -2.36. The summed E-state index contributed by atoms with van der Waals surface area (Å²) >= 11 is 1.22. The van der Waals surface area contributed by atoms with Gasteiger partial charge in [0.25, 0.3) is 0 Å². The number of anilines is 1. The van der Waals surface area contributed by atoms with Gasteiger partial charge in [0.2, 0.25) is 12.2 Å². The zero-order valence-corrected chi connectivity index (χ0v) is 21.0. The molecule has 0 aliphatic carbocycles. The largest absolute Gasteiger partial charge is 0.477 e. The third-order valence-corrected chi connectivity index (χ3v) is 8.42. The SMILES string of the molecule is O=C(O)c1c(=O)c2cc(N3CCN(Cc4ccc5c(c4)OCO5)CC3)c(F)cc2n2c1sc1ccccc12. The number of thiazole rings is 1. The molecule has 2 aromatic heterocycles. The van der Waals surface area contributed by atoms with Gasteiger partial charge in [-0.2, -0.15) is 0 Å². The third-order valence-electron chi connectivity index (χ3n) is 7.28. The number of pyridine rings is 1. The molecular weight excluding hydrogens is 509 g/mol. The average Bonchev–Trinajstić information content (AvgIpc) is 3.53. The number of benzene rings is 3. The number of aromatic carboxylic acids is 1. The van der Waals surface area contributed by atoms with Crippen molar-refractivity contribution < 1.29 is 23.8 Å². The number of aromatic nitrogens is 1. The van der Waals surface area contributed by atoms with Crippen LogP contribution in [-0.4, -0.2) is 53.3 Å². The molecule has 0 unspecified atom stereocenters. The van der Waals surface area contributed by atoms with Crippen molar-refractivity contribution in [2.45, 2.75) is 6.54 Å². The Morgan fingerprint density at radius 3 is 2.58 bits per heavy atom. The molecule has 2 aliphatic rings. The summed E-state index contributed by atoms with van der Waals surface area (Å²) in [5.41, 5.74) is 1.65. The van der Waals surface area contributed by atoms with E-state index >= 15 is 4.39 Å². The van der Waals surface area contributed by atoms with Crippen LogP contribution < -0.4 is 19.8 Å². The first kappa shape index (κ1) is 23.0. The number of fused-ring (bicyclic) bond motifs is 6. The fourth-order valence-electron chi connectivity index (χ4n) is 5.41. The van der Waals surface area contributed by atoms with Crippen LogP contribution in [0.15, 0.2) is 59.4 Å². The maximum atomic E-state index is 15.6. The summed E-state index contributed by atoms with van der Waals surface area (Å²) < 4.78 is 29.0. The van der Waals surface area contributed by atoms with E-state index in [9.17, 15) is 14.7 Å². The first-order chi connectivity index (χ1) is 18.5. The minimum atomic E-state index is -1.29. The quantitative estimate of drug-likeness (QED) is 0.364. The van der Waals surface area contributed by atoms with Crippen LogP contribution >= 0.6 is 11.3 Å². The topological polar surface area (TPSA) is 83.7 Å². The predicted molar refractivity (Wildman–Crippen MR) is 144 cm³/mol. The van der Waals surface area contributed by atoms with Crippen LogP contribution in [0.4, 0.5) is 10.1 Å². The number of carboxylic acid groups (broad SMARTS) is 1. The van der Waals surface area contributed by atoms with Gasteiger partial charge in [0.05, 0.1) is 21.4 Å². The van der Waals surface area contributed by atoms with Crippen LogP contribution in [0, 0.1) is 5.82 Å². The van der Waals surface area contributed by atoms with Crippen LogP contribution in [0.5, 0.6) is 11.5 Å². The van der Waals surface area contributed by atoms with Gasteiger partial charge in [0, 0.05) is 44.2 Å². The van der Waals surface area contributed by atoms with E-state index < -0.39 is 17.2 Å². The number of ether oxygens (including phenoxy) is 2. The first-order valence-corrected chi connectivity index (χ1v) is 13.1. The van der Waals surface area contributed by atoms with Crippen molar-refractivity contribution in [2.75, 3.05) is 37.9 Å². The van der Waals surface area contributed by atoms with Crippen LogP contribution in [0.3, 0.4) is 0 Å². The van der Waals surface area contributed by atoms with E-state index in [0.29, 0.717) is 42.2 Å². The Morgan fingerprint density at radius 1 is 0.974 bits per heavy atom. The Balaban J connectivity index is 1.23. The monoisotopic (exact) mass is 531 g/mol. The molecule has 0 amide bonds. The average molecular weight is 532 g/mol. The molecule has 5 aromatic rings. The summed E-state index contributed by atoms with van der Waals surface area (Å²) in [6, 6.07) is 16.2. The maximum Gasteiger partial charge on any atom is 0.342 e. The minimum absolute atomic E-state index is 0.197. The molecule has 0 spiro atoms. The Labute approximate surface area is 219 Å². The van der Waals surface area contributed by atoms with Crippen LogP contribution in [0.1, 0.15) is 15.9 Å². The molecule has 0 atom stereocenters. The van der Waals surface area contributed by atoms with Gasteiger partial charge in [-0.15, -0.1) is 11.3 Å². The normalized spacial score (nSPS) is 15.7. The predicted octanol–water partition coefficient (Wildman–Crippen LogP) is 4.56. The molecular formula is C28H22FN3O5S. The fourth-order valence-corrected chi connectivity index (χ4v) is 6.60. The molecule has 8 nitrogen and oxygen atoms in total.